The van der Waals surface area contributed by atoms with E-state index in [1.54, 1.807) is 0 Å². The summed E-state index contributed by atoms with van der Waals surface area (Å²) in [7, 11) is 0. The Balaban J connectivity index is 1.72. The Bertz CT molecular complexity index is 670. The number of amides is 1. The number of carbonyl (C=O) groups excluding carboxylic acids is 1. The summed E-state index contributed by atoms with van der Waals surface area (Å²) in [5, 5.41) is 9.24. The van der Waals surface area contributed by atoms with Crippen LogP contribution in [0.25, 0.3) is 0 Å². The number of ether oxygens (including phenoxy) is 1. The van der Waals surface area contributed by atoms with Crippen molar-refractivity contribution in [2.75, 3.05) is 13.2 Å². The Morgan fingerprint density at radius 2 is 2.12 bits per heavy atom. The van der Waals surface area contributed by atoms with Crippen molar-refractivity contribution >= 4 is 5.91 Å². The maximum atomic E-state index is 12.0. The highest BCUT2D eigenvalue weighted by Crippen LogP contribution is 2.43. The lowest BCUT2D eigenvalue weighted by Gasteiger charge is -2.45. The van der Waals surface area contributed by atoms with E-state index < -0.39 is 0 Å². The summed E-state index contributed by atoms with van der Waals surface area (Å²) in [6.45, 7) is 5.59. The molecule has 1 aromatic carbocycles. The Kier molecular flexibility index (Phi) is 4.66. The molecule has 128 valence electrons. The van der Waals surface area contributed by atoms with Crippen LogP contribution in [0.5, 0.6) is 0 Å². The van der Waals surface area contributed by atoms with Gasteiger partial charge in [-0.2, -0.15) is 5.10 Å². The third-order valence-corrected chi connectivity index (χ3v) is 4.74. The number of hydrogen-bond acceptors (Lipinski definition) is 4. The predicted molar refractivity (Wildman–Crippen MR) is 90.7 cm³/mol. The number of hydrogen-bond donors (Lipinski definition) is 2. The van der Waals surface area contributed by atoms with Gasteiger partial charge in [-0.1, -0.05) is 30.3 Å². The van der Waals surface area contributed by atoms with Crippen LogP contribution in [0, 0.1) is 0 Å². The third-order valence-electron chi connectivity index (χ3n) is 4.74. The van der Waals surface area contributed by atoms with Crippen molar-refractivity contribution in [1.82, 2.24) is 20.5 Å². The molecule has 1 atom stereocenters. The van der Waals surface area contributed by atoms with Crippen molar-refractivity contribution in [3.8, 4) is 0 Å². The van der Waals surface area contributed by atoms with E-state index in [2.05, 4.69) is 58.6 Å². The number of benzene rings is 1. The summed E-state index contributed by atoms with van der Waals surface area (Å²) in [5.74, 6) is 0.0260. The van der Waals surface area contributed by atoms with Gasteiger partial charge >= 0.3 is 0 Å². The first-order valence-corrected chi connectivity index (χ1v) is 8.34. The number of nitrogens with one attached hydrogen (secondary N) is 2. The van der Waals surface area contributed by atoms with Gasteiger partial charge in [0, 0.05) is 18.6 Å². The summed E-state index contributed by atoms with van der Waals surface area (Å²) < 4.78 is 5.92. The molecule has 1 saturated heterocycles. The molecule has 1 fully saturated rings. The molecule has 6 heteroatoms. The van der Waals surface area contributed by atoms with Crippen LogP contribution in [-0.4, -0.2) is 39.8 Å². The Hall–Kier alpha value is -2.21. The first kappa shape index (κ1) is 16.6. The monoisotopic (exact) mass is 328 g/mol. The number of rotatable bonds is 5. The Morgan fingerprint density at radius 1 is 1.33 bits per heavy atom. The topological polar surface area (TPSA) is 79.9 Å². The minimum Gasteiger partial charge on any atom is -0.376 e. The molecule has 0 saturated carbocycles. The molecule has 0 aliphatic carbocycles. The van der Waals surface area contributed by atoms with Gasteiger partial charge in [-0.25, -0.2) is 4.98 Å². The van der Waals surface area contributed by atoms with Crippen molar-refractivity contribution in [3.05, 3.63) is 48.0 Å². The molecule has 1 aliphatic rings. The van der Waals surface area contributed by atoms with Gasteiger partial charge in [-0.15, -0.1) is 0 Å². The molecule has 24 heavy (non-hydrogen) atoms. The minimum atomic E-state index is -0.220. The van der Waals surface area contributed by atoms with Crippen LogP contribution in [0.3, 0.4) is 0 Å². The van der Waals surface area contributed by atoms with Gasteiger partial charge in [0.25, 0.3) is 5.91 Å². The summed E-state index contributed by atoms with van der Waals surface area (Å²) >= 11 is 0. The van der Waals surface area contributed by atoms with E-state index >= 15 is 0 Å². The molecule has 1 amide bonds. The van der Waals surface area contributed by atoms with Crippen molar-refractivity contribution in [3.63, 3.8) is 0 Å². The highest BCUT2D eigenvalue weighted by atomic mass is 16.5. The molecule has 2 aromatic rings. The van der Waals surface area contributed by atoms with Crippen LogP contribution >= 0.6 is 0 Å². The third kappa shape index (κ3) is 3.64. The average Bonchev–Trinajstić information content (AvgIpc) is 3.09. The molecule has 1 aromatic heterocycles. The van der Waals surface area contributed by atoms with Gasteiger partial charge in [0.2, 0.25) is 5.82 Å². The van der Waals surface area contributed by atoms with Gasteiger partial charge in [0.1, 0.15) is 6.33 Å². The normalized spacial score (nSPS) is 22.9. The lowest BCUT2D eigenvalue weighted by molar-refractivity contribution is -0.0838. The fourth-order valence-corrected chi connectivity index (χ4v) is 3.69. The molecule has 2 N–H and O–H groups in total. The standard InChI is InChI=1S/C18H24N4O2/c1-17(2)12-18(9-11-24-17,14-6-4-3-5-7-14)8-10-19-16(23)15-20-13-21-22-15/h3-7,13H,8-12H2,1-2H3,(H,19,23)(H,20,21,22)/t18-/m0/s1. The first-order chi connectivity index (χ1) is 11.5. The lowest BCUT2D eigenvalue weighted by atomic mass is 9.67. The van der Waals surface area contributed by atoms with E-state index in [-0.39, 0.29) is 22.7 Å². The average molecular weight is 328 g/mol. The molecule has 1 aliphatic heterocycles. The zero-order chi connectivity index (χ0) is 17.0. The predicted octanol–water partition coefficient (Wildman–Crippen LogP) is 2.45. The minimum absolute atomic E-state index is 0.0116. The fourth-order valence-electron chi connectivity index (χ4n) is 3.69. The molecule has 0 radical (unpaired) electrons. The van der Waals surface area contributed by atoms with Gasteiger partial charge in [0.15, 0.2) is 0 Å². The van der Waals surface area contributed by atoms with Crippen molar-refractivity contribution in [2.45, 2.75) is 44.1 Å². The van der Waals surface area contributed by atoms with E-state index in [0.29, 0.717) is 6.54 Å². The highest BCUT2D eigenvalue weighted by Gasteiger charge is 2.41. The number of aromatic nitrogens is 3. The maximum Gasteiger partial charge on any atom is 0.288 e. The SMILES string of the molecule is CC1(C)C[C@@](CCNC(=O)c2ncn[nH]2)(c2ccccc2)CCO1. The van der Waals surface area contributed by atoms with E-state index in [1.165, 1.54) is 11.9 Å². The Labute approximate surface area is 142 Å². The molecular formula is C18H24N4O2. The zero-order valence-corrected chi connectivity index (χ0v) is 14.2. The van der Waals surface area contributed by atoms with E-state index in [9.17, 15) is 4.79 Å². The molecule has 6 nitrogen and oxygen atoms in total. The molecule has 2 heterocycles. The highest BCUT2D eigenvalue weighted by molar-refractivity contribution is 5.90. The molecule has 3 rings (SSSR count). The maximum absolute atomic E-state index is 12.0. The summed E-state index contributed by atoms with van der Waals surface area (Å²) in [4.78, 5) is 15.9. The van der Waals surface area contributed by atoms with Crippen molar-refractivity contribution in [1.29, 1.82) is 0 Å². The van der Waals surface area contributed by atoms with Crippen LogP contribution in [0.4, 0.5) is 0 Å². The fraction of sp³-hybridized carbons (Fsp3) is 0.500. The number of H-pyrrole nitrogens is 1. The van der Waals surface area contributed by atoms with E-state index in [0.717, 1.165) is 25.9 Å². The van der Waals surface area contributed by atoms with Gasteiger partial charge in [0.05, 0.1) is 5.60 Å². The number of carbonyl (C=O) groups is 1. The molecular weight excluding hydrogens is 304 g/mol. The molecule has 0 bridgehead atoms. The van der Waals surface area contributed by atoms with Crippen molar-refractivity contribution in [2.24, 2.45) is 0 Å². The van der Waals surface area contributed by atoms with Crippen molar-refractivity contribution < 1.29 is 9.53 Å². The number of aromatic amines is 1. The van der Waals surface area contributed by atoms with Gasteiger partial charge in [-0.3, -0.25) is 9.89 Å². The van der Waals surface area contributed by atoms with Crippen LogP contribution < -0.4 is 5.32 Å². The van der Waals surface area contributed by atoms with Crippen LogP contribution in [0.15, 0.2) is 36.7 Å². The second-order valence-corrected chi connectivity index (χ2v) is 7.02. The van der Waals surface area contributed by atoms with E-state index in [1.807, 2.05) is 6.07 Å². The number of nitrogens with zero attached hydrogens (tertiary/aromatic N) is 2. The van der Waals surface area contributed by atoms with E-state index in [4.69, 9.17) is 4.74 Å². The lowest BCUT2D eigenvalue weighted by Crippen LogP contribution is -2.45. The summed E-state index contributed by atoms with van der Waals surface area (Å²) in [6.07, 6.45) is 4.09. The van der Waals surface area contributed by atoms with Crippen LogP contribution in [-0.2, 0) is 10.2 Å². The molecule has 0 spiro atoms. The van der Waals surface area contributed by atoms with Gasteiger partial charge in [-0.05, 0) is 38.7 Å². The summed E-state index contributed by atoms with van der Waals surface area (Å²) in [5.41, 5.74) is 1.16. The second kappa shape index (κ2) is 6.73. The summed E-state index contributed by atoms with van der Waals surface area (Å²) in [6, 6.07) is 10.5. The Morgan fingerprint density at radius 3 is 2.79 bits per heavy atom. The van der Waals surface area contributed by atoms with Crippen LogP contribution in [0.1, 0.15) is 49.3 Å². The van der Waals surface area contributed by atoms with Crippen LogP contribution in [0.2, 0.25) is 0 Å². The smallest absolute Gasteiger partial charge is 0.288 e. The largest absolute Gasteiger partial charge is 0.376 e. The first-order valence-electron chi connectivity index (χ1n) is 8.34. The molecule has 0 unspecified atom stereocenters. The van der Waals surface area contributed by atoms with Gasteiger partial charge < -0.3 is 10.1 Å². The second-order valence-electron chi connectivity index (χ2n) is 7.02. The quantitative estimate of drug-likeness (QED) is 0.883. The zero-order valence-electron chi connectivity index (χ0n) is 14.2.